The molecule has 0 saturated carbocycles. The molecule has 2 unspecified atom stereocenters. The normalized spacial score (nSPS) is 20.6. The van der Waals surface area contributed by atoms with Gasteiger partial charge in [-0.05, 0) is 12.8 Å². The lowest BCUT2D eigenvalue weighted by Crippen LogP contribution is -2.27. The molecule has 1 aromatic rings. The highest BCUT2D eigenvalue weighted by Crippen LogP contribution is 2.38. The molecular weight excluding hydrogens is 292 g/mol. The van der Waals surface area contributed by atoms with Crippen molar-refractivity contribution in [2.45, 2.75) is 63.8 Å². The molecule has 0 fully saturated rings. The zero-order valence-electron chi connectivity index (χ0n) is 13.7. The van der Waals surface area contributed by atoms with E-state index in [1.165, 1.54) is 0 Å². The van der Waals surface area contributed by atoms with Crippen molar-refractivity contribution in [1.29, 1.82) is 0 Å². The number of aliphatic hydroxyl groups is 2. The monoisotopic (exact) mass is 320 g/mol. The lowest BCUT2D eigenvalue weighted by Gasteiger charge is -2.24. The minimum Gasteiger partial charge on any atom is -0.374 e. The van der Waals surface area contributed by atoms with E-state index >= 15 is 0 Å². The van der Waals surface area contributed by atoms with Crippen LogP contribution in [0.1, 0.15) is 74.9 Å². The van der Waals surface area contributed by atoms with E-state index in [1.54, 1.807) is 4.90 Å². The zero-order chi connectivity index (χ0) is 16.7. The van der Waals surface area contributed by atoms with Crippen molar-refractivity contribution in [2.24, 2.45) is 5.73 Å². The third kappa shape index (κ3) is 5.03. The number of nitrogens with zero attached hydrogens (tertiary/aromatic N) is 1. The number of hydrogen-bond acceptors (Lipinski definition) is 4. The van der Waals surface area contributed by atoms with Gasteiger partial charge in [-0.2, -0.15) is 0 Å². The summed E-state index contributed by atoms with van der Waals surface area (Å²) < 4.78 is 0. The van der Waals surface area contributed by atoms with E-state index in [1.807, 2.05) is 24.3 Å². The first-order chi connectivity index (χ1) is 11.1. The fourth-order valence-corrected chi connectivity index (χ4v) is 3.19. The number of aliphatic hydroxyl groups excluding tert-OH is 2. The summed E-state index contributed by atoms with van der Waals surface area (Å²) in [5.41, 5.74) is 6.73. The Morgan fingerprint density at radius 1 is 0.913 bits per heavy atom. The lowest BCUT2D eigenvalue weighted by atomic mass is 10.1. The van der Waals surface area contributed by atoms with Gasteiger partial charge in [0.05, 0.1) is 0 Å². The summed E-state index contributed by atoms with van der Waals surface area (Å²) in [4.78, 5) is 12.4. The summed E-state index contributed by atoms with van der Waals surface area (Å²) in [6, 6.07) is 7.51. The summed E-state index contributed by atoms with van der Waals surface area (Å²) in [5, 5.41) is 20.6. The zero-order valence-corrected chi connectivity index (χ0v) is 13.7. The molecule has 4 N–H and O–H groups in total. The maximum atomic E-state index is 10.6. The highest BCUT2D eigenvalue weighted by molar-refractivity contribution is 5.73. The predicted molar refractivity (Wildman–Crippen MR) is 89.2 cm³/mol. The Kier molecular flexibility index (Phi) is 7.02. The number of rotatable bonds is 10. The smallest absolute Gasteiger partial charge is 0.217 e. The molecule has 0 aliphatic carbocycles. The van der Waals surface area contributed by atoms with Gasteiger partial charge >= 0.3 is 0 Å². The quantitative estimate of drug-likeness (QED) is 0.578. The maximum Gasteiger partial charge on any atom is 0.217 e. The number of amides is 1. The lowest BCUT2D eigenvalue weighted by molar-refractivity contribution is -0.118. The summed E-state index contributed by atoms with van der Waals surface area (Å²) in [5.74, 6) is -0.214. The van der Waals surface area contributed by atoms with Crippen molar-refractivity contribution < 1.29 is 15.0 Å². The van der Waals surface area contributed by atoms with Crippen LogP contribution in [0.2, 0.25) is 0 Å². The first-order valence-corrected chi connectivity index (χ1v) is 8.60. The molecule has 5 nitrogen and oxygen atoms in total. The number of hydrogen-bond donors (Lipinski definition) is 3. The first kappa shape index (κ1) is 17.9. The standard InChI is InChI=1S/C18H28N2O3/c19-16(21)12-6-4-2-1-3-5-9-13-20-17(22)14-10-7-8-11-15(14)18(20)23/h7-8,10-11,17-18,22-23H,1-6,9,12-13H2,(H2,19,21). The topological polar surface area (TPSA) is 86.8 Å². The SMILES string of the molecule is NC(=O)CCCCCCCCCN1C(O)c2ccccc2C1O. The molecule has 1 aromatic carbocycles. The number of carbonyl (C=O) groups is 1. The molecule has 0 radical (unpaired) electrons. The van der Waals surface area contributed by atoms with Crippen molar-refractivity contribution in [3.8, 4) is 0 Å². The number of nitrogens with two attached hydrogens (primary N) is 1. The van der Waals surface area contributed by atoms with Gasteiger partial charge in [-0.1, -0.05) is 56.4 Å². The van der Waals surface area contributed by atoms with Crippen LogP contribution in [0.3, 0.4) is 0 Å². The van der Waals surface area contributed by atoms with Crippen molar-refractivity contribution in [2.75, 3.05) is 6.54 Å². The number of benzene rings is 1. The van der Waals surface area contributed by atoms with Crippen LogP contribution in [0.5, 0.6) is 0 Å². The summed E-state index contributed by atoms with van der Waals surface area (Å²) in [7, 11) is 0. The van der Waals surface area contributed by atoms with Gasteiger partial charge in [0.15, 0.2) is 0 Å². The fourth-order valence-electron chi connectivity index (χ4n) is 3.19. The summed E-state index contributed by atoms with van der Waals surface area (Å²) >= 11 is 0. The van der Waals surface area contributed by atoms with Gasteiger partial charge in [0, 0.05) is 24.1 Å². The molecule has 0 aromatic heterocycles. The second-order valence-corrected chi connectivity index (χ2v) is 6.31. The van der Waals surface area contributed by atoms with Crippen molar-refractivity contribution >= 4 is 5.91 Å². The summed E-state index contributed by atoms with van der Waals surface area (Å²) in [6.07, 6.45) is 6.52. The highest BCUT2D eigenvalue weighted by atomic mass is 16.3. The van der Waals surface area contributed by atoms with Gasteiger partial charge in [-0.3, -0.25) is 4.79 Å². The Morgan fingerprint density at radius 3 is 1.91 bits per heavy atom. The van der Waals surface area contributed by atoms with Gasteiger partial charge in [0.25, 0.3) is 0 Å². The van der Waals surface area contributed by atoms with E-state index in [2.05, 4.69) is 0 Å². The van der Waals surface area contributed by atoms with Crippen molar-refractivity contribution in [1.82, 2.24) is 4.90 Å². The largest absolute Gasteiger partial charge is 0.374 e. The average Bonchev–Trinajstić information content (AvgIpc) is 2.78. The van der Waals surface area contributed by atoms with Crippen molar-refractivity contribution in [3.05, 3.63) is 35.4 Å². The molecule has 128 valence electrons. The molecule has 1 amide bonds. The number of primary amides is 1. The Morgan fingerprint density at radius 2 is 1.39 bits per heavy atom. The average molecular weight is 320 g/mol. The van der Waals surface area contributed by atoms with Crippen LogP contribution in [0.25, 0.3) is 0 Å². The Labute approximate surface area is 138 Å². The molecule has 0 saturated heterocycles. The van der Waals surface area contributed by atoms with E-state index in [0.717, 1.165) is 56.1 Å². The van der Waals surface area contributed by atoms with Crippen LogP contribution in [-0.4, -0.2) is 27.6 Å². The highest BCUT2D eigenvalue weighted by Gasteiger charge is 2.35. The molecule has 2 rings (SSSR count). The van der Waals surface area contributed by atoms with Crippen LogP contribution in [0, 0.1) is 0 Å². The summed E-state index contributed by atoms with van der Waals surface area (Å²) in [6.45, 7) is 0.693. The van der Waals surface area contributed by atoms with Gasteiger partial charge in [0.1, 0.15) is 12.5 Å². The molecule has 5 heteroatoms. The maximum absolute atomic E-state index is 10.6. The number of unbranched alkanes of at least 4 members (excludes halogenated alkanes) is 6. The number of fused-ring (bicyclic) bond motifs is 1. The van der Waals surface area contributed by atoms with E-state index < -0.39 is 12.5 Å². The van der Waals surface area contributed by atoms with Crippen molar-refractivity contribution in [3.63, 3.8) is 0 Å². The van der Waals surface area contributed by atoms with Crippen LogP contribution in [0.4, 0.5) is 0 Å². The van der Waals surface area contributed by atoms with Gasteiger partial charge in [0.2, 0.25) is 5.91 Å². The van der Waals surface area contributed by atoms with Gasteiger partial charge < -0.3 is 15.9 Å². The van der Waals surface area contributed by atoms with E-state index in [4.69, 9.17) is 5.73 Å². The number of carbonyl (C=O) groups excluding carboxylic acids is 1. The third-order valence-corrected chi connectivity index (χ3v) is 4.52. The van der Waals surface area contributed by atoms with Crippen LogP contribution >= 0.6 is 0 Å². The fraction of sp³-hybridized carbons (Fsp3) is 0.611. The van der Waals surface area contributed by atoms with Gasteiger partial charge in [-0.15, -0.1) is 0 Å². The van der Waals surface area contributed by atoms with Crippen LogP contribution < -0.4 is 5.73 Å². The first-order valence-electron chi connectivity index (χ1n) is 8.60. The molecule has 2 atom stereocenters. The van der Waals surface area contributed by atoms with Crippen LogP contribution in [0.15, 0.2) is 24.3 Å². The minimum atomic E-state index is -0.699. The second kappa shape index (κ2) is 9.01. The Balaban J connectivity index is 1.58. The van der Waals surface area contributed by atoms with Crippen LogP contribution in [-0.2, 0) is 4.79 Å². The van der Waals surface area contributed by atoms with E-state index in [0.29, 0.717) is 13.0 Å². The minimum absolute atomic E-state index is 0.214. The third-order valence-electron chi connectivity index (χ3n) is 4.52. The van der Waals surface area contributed by atoms with Gasteiger partial charge in [-0.25, -0.2) is 4.90 Å². The molecular formula is C18H28N2O3. The molecule has 1 aliphatic rings. The second-order valence-electron chi connectivity index (χ2n) is 6.31. The molecule has 0 bridgehead atoms. The Bertz CT molecular complexity index is 478. The van der Waals surface area contributed by atoms with E-state index in [-0.39, 0.29) is 5.91 Å². The molecule has 1 aliphatic heterocycles. The Hall–Kier alpha value is -1.43. The molecule has 23 heavy (non-hydrogen) atoms. The molecule has 0 spiro atoms. The predicted octanol–water partition coefficient (Wildman–Crippen LogP) is 2.59. The van der Waals surface area contributed by atoms with E-state index in [9.17, 15) is 15.0 Å². The molecule has 1 heterocycles.